The smallest absolute Gasteiger partial charge is 0.308 e. The van der Waals surface area contributed by atoms with E-state index in [0.29, 0.717) is 19.3 Å². The first-order chi connectivity index (χ1) is 17.8. The van der Waals surface area contributed by atoms with E-state index in [9.17, 15) is 19.2 Å². The van der Waals surface area contributed by atoms with Crippen molar-refractivity contribution in [3.63, 3.8) is 0 Å². The molecule has 0 aromatic rings. The Hall–Kier alpha value is -2.70. The summed E-state index contributed by atoms with van der Waals surface area (Å²) < 4.78 is 16.6. The average Bonchev–Trinajstić information content (AvgIpc) is 3.02. The van der Waals surface area contributed by atoms with Gasteiger partial charge in [-0.05, 0) is 76.2 Å². The van der Waals surface area contributed by atoms with Crippen LogP contribution in [-0.2, 0) is 33.4 Å². The summed E-state index contributed by atoms with van der Waals surface area (Å²) in [6.07, 6.45) is 9.41. The largest absolute Gasteiger partial charge is 0.465 e. The quantitative estimate of drug-likeness (QED) is 0.230. The van der Waals surface area contributed by atoms with Gasteiger partial charge in [-0.2, -0.15) is 0 Å². The lowest BCUT2D eigenvalue weighted by Gasteiger charge is -2.34. The fraction of sp³-hybridized carbons (Fsp3) is 0.677. The molecule has 0 spiro atoms. The summed E-state index contributed by atoms with van der Waals surface area (Å²) >= 11 is 0. The summed E-state index contributed by atoms with van der Waals surface area (Å²) in [5.41, 5.74) is 2.41. The maximum absolute atomic E-state index is 13.9. The number of Topliss-reactive ketones (excluding diaryl/α,β-unsaturated/α-hetero) is 1. The number of hydrogen-bond donors (Lipinski definition) is 0. The average molecular weight is 531 g/mol. The Labute approximate surface area is 228 Å². The zero-order chi connectivity index (χ0) is 28.6. The lowest BCUT2D eigenvalue weighted by atomic mass is 9.69. The Morgan fingerprint density at radius 2 is 1.63 bits per heavy atom. The van der Waals surface area contributed by atoms with Crippen molar-refractivity contribution in [3.8, 4) is 0 Å². The second-order valence-corrected chi connectivity index (χ2v) is 11.5. The molecule has 0 radical (unpaired) electrons. The topological polar surface area (TPSA) is 96.0 Å². The third-order valence-electron chi connectivity index (χ3n) is 8.04. The predicted octanol–water partition coefficient (Wildman–Crippen LogP) is 6.41. The molecular weight excluding hydrogens is 484 g/mol. The first-order valence-electron chi connectivity index (χ1n) is 13.8. The SMILES string of the molecule is CC(=O)OCC(C)C1=C(OC(C)=O)C(=O)C2(C)C/C=C(/C)CC/C=C(/C)CCC(OC(C)=O)C(C)CCC12. The van der Waals surface area contributed by atoms with Crippen LogP contribution in [0.2, 0.25) is 0 Å². The molecule has 5 unspecified atom stereocenters. The summed E-state index contributed by atoms with van der Waals surface area (Å²) in [6, 6.07) is 0. The van der Waals surface area contributed by atoms with Gasteiger partial charge in [0.25, 0.3) is 0 Å². The summed E-state index contributed by atoms with van der Waals surface area (Å²) in [7, 11) is 0. The van der Waals surface area contributed by atoms with Gasteiger partial charge in [0, 0.05) is 32.1 Å². The summed E-state index contributed by atoms with van der Waals surface area (Å²) in [5.74, 6) is -1.79. The van der Waals surface area contributed by atoms with Crippen molar-refractivity contribution in [1.29, 1.82) is 0 Å². The number of ketones is 1. The molecule has 7 heteroatoms. The molecule has 0 saturated heterocycles. The Bertz CT molecular complexity index is 1000. The molecule has 0 bridgehead atoms. The Morgan fingerprint density at radius 1 is 0.974 bits per heavy atom. The van der Waals surface area contributed by atoms with Crippen molar-refractivity contribution in [2.24, 2.45) is 23.2 Å². The van der Waals surface area contributed by atoms with Crippen LogP contribution in [-0.4, -0.2) is 36.4 Å². The Balaban J connectivity index is 2.55. The summed E-state index contributed by atoms with van der Waals surface area (Å²) in [5, 5.41) is 0. The number of allylic oxidation sites excluding steroid dienone is 5. The number of ether oxygens (including phenoxy) is 3. The van der Waals surface area contributed by atoms with Crippen molar-refractivity contribution in [3.05, 3.63) is 34.6 Å². The highest BCUT2D eigenvalue weighted by Crippen LogP contribution is 2.52. The minimum absolute atomic E-state index is 0.0660. The molecule has 2 aliphatic rings. The van der Waals surface area contributed by atoms with Crippen LogP contribution >= 0.6 is 0 Å². The van der Waals surface area contributed by atoms with Crippen LogP contribution in [0.3, 0.4) is 0 Å². The molecule has 0 aromatic heterocycles. The highest BCUT2D eigenvalue weighted by Gasteiger charge is 2.53. The fourth-order valence-electron chi connectivity index (χ4n) is 5.70. The van der Waals surface area contributed by atoms with E-state index in [0.717, 1.165) is 31.3 Å². The highest BCUT2D eigenvalue weighted by atomic mass is 16.5. The zero-order valence-electron chi connectivity index (χ0n) is 24.5. The second kappa shape index (κ2) is 13.9. The van der Waals surface area contributed by atoms with E-state index in [-0.39, 0.29) is 48.0 Å². The number of esters is 3. The normalized spacial score (nSPS) is 30.9. The van der Waals surface area contributed by atoms with Gasteiger partial charge in [0.2, 0.25) is 5.78 Å². The minimum atomic E-state index is -0.811. The molecule has 0 saturated carbocycles. The predicted molar refractivity (Wildman–Crippen MR) is 146 cm³/mol. The van der Waals surface area contributed by atoms with E-state index in [1.807, 2.05) is 13.8 Å². The number of hydrogen-bond acceptors (Lipinski definition) is 7. The molecule has 0 aromatic carbocycles. The van der Waals surface area contributed by atoms with Gasteiger partial charge in [-0.1, -0.05) is 44.1 Å². The van der Waals surface area contributed by atoms with E-state index in [1.165, 1.54) is 31.9 Å². The maximum atomic E-state index is 13.9. The van der Waals surface area contributed by atoms with Crippen LogP contribution in [0, 0.1) is 23.2 Å². The summed E-state index contributed by atoms with van der Waals surface area (Å²) in [4.78, 5) is 49.4. The minimum Gasteiger partial charge on any atom is -0.465 e. The number of carbonyl (C=O) groups is 4. The maximum Gasteiger partial charge on any atom is 0.308 e. The molecule has 5 atom stereocenters. The molecule has 0 heterocycles. The van der Waals surface area contributed by atoms with Crippen molar-refractivity contribution >= 4 is 23.7 Å². The van der Waals surface area contributed by atoms with Crippen LogP contribution in [0.4, 0.5) is 0 Å². The van der Waals surface area contributed by atoms with Gasteiger partial charge in [0.1, 0.15) is 6.10 Å². The molecule has 0 aliphatic heterocycles. The first kappa shape index (κ1) is 31.5. The third kappa shape index (κ3) is 8.40. The zero-order valence-corrected chi connectivity index (χ0v) is 24.5. The molecule has 0 N–H and O–H groups in total. The Morgan fingerprint density at radius 3 is 2.24 bits per heavy atom. The van der Waals surface area contributed by atoms with Gasteiger partial charge >= 0.3 is 17.9 Å². The van der Waals surface area contributed by atoms with Crippen LogP contribution in [0.15, 0.2) is 34.6 Å². The van der Waals surface area contributed by atoms with Gasteiger partial charge in [-0.3, -0.25) is 19.2 Å². The molecule has 38 heavy (non-hydrogen) atoms. The second-order valence-electron chi connectivity index (χ2n) is 11.5. The van der Waals surface area contributed by atoms with Crippen molar-refractivity contribution in [1.82, 2.24) is 0 Å². The van der Waals surface area contributed by atoms with Crippen molar-refractivity contribution < 1.29 is 33.4 Å². The molecule has 2 rings (SSSR count). The van der Waals surface area contributed by atoms with Crippen LogP contribution in [0.5, 0.6) is 0 Å². The van der Waals surface area contributed by atoms with Gasteiger partial charge in [-0.25, -0.2) is 0 Å². The van der Waals surface area contributed by atoms with E-state index >= 15 is 0 Å². The van der Waals surface area contributed by atoms with Crippen molar-refractivity contribution in [2.45, 2.75) is 106 Å². The number of fused-ring (bicyclic) bond motifs is 1. The standard InChI is InChI=1S/C31H46O7/c1-19-10-9-11-20(2)16-17-31(8)26(14-13-21(3)27(15-12-19)37-24(6)33)28(22(4)18-36-23(5)32)29(30(31)35)38-25(7)34/h10,16,21-22,26-27H,9,11-15,17-18H2,1-8H3/b19-10-,20-16-. The molecule has 7 nitrogen and oxygen atoms in total. The van der Waals surface area contributed by atoms with Gasteiger partial charge in [0.05, 0.1) is 6.61 Å². The number of carbonyl (C=O) groups excluding carboxylic acids is 4. The van der Waals surface area contributed by atoms with Crippen LogP contribution in [0.25, 0.3) is 0 Å². The van der Waals surface area contributed by atoms with Gasteiger partial charge < -0.3 is 14.2 Å². The van der Waals surface area contributed by atoms with E-state index < -0.39 is 17.4 Å². The Kier molecular flexibility index (Phi) is 11.5. The van der Waals surface area contributed by atoms with E-state index in [2.05, 4.69) is 32.9 Å². The molecule has 212 valence electrons. The van der Waals surface area contributed by atoms with Gasteiger partial charge in [0.15, 0.2) is 5.76 Å². The molecule has 0 amide bonds. The molecule has 0 fully saturated rings. The summed E-state index contributed by atoms with van der Waals surface area (Å²) in [6.45, 7) is 14.3. The third-order valence-corrected chi connectivity index (χ3v) is 8.04. The lowest BCUT2D eigenvalue weighted by Crippen LogP contribution is -2.33. The van der Waals surface area contributed by atoms with Crippen LogP contribution < -0.4 is 0 Å². The van der Waals surface area contributed by atoms with Gasteiger partial charge in [-0.15, -0.1) is 0 Å². The van der Waals surface area contributed by atoms with E-state index in [1.54, 1.807) is 0 Å². The highest BCUT2D eigenvalue weighted by molar-refractivity contribution is 6.03. The van der Waals surface area contributed by atoms with E-state index in [4.69, 9.17) is 14.2 Å². The monoisotopic (exact) mass is 530 g/mol. The lowest BCUT2D eigenvalue weighted by molar-refractivity contribution is -0.149. The fourth-order valence-corrected chi connectivity index (χ4v) is 5.70. The van der Waals surface area contributed by atoms with Crippen molar-refractivity contribution in [2.75, 3.05) is 6.61 Å². The number of rotatable bonds is 5. The molecular formula is C31H46O7. The first-order valence-corrected chi connectivity index (χ1v) is 13.8. The molecule has 2 aliphatic carbocycles. The van der Waals surface area contributed by atoms with Crippen LogP contribution in [0.1, 0.15) is 100 Å².